The molecular weight excluding hydrogens is 225 g/mol. The number of imide groups is 1. The molecule has 5 nitrogen and oxygen atoms in total. The van der Waals surface area contributed by atoms with Crippen LogP contribution in [0.2, 0.25) is 0 Å². The Labute approximate surface area is 95.8 Å². The number of carbonyl (C=O) groups is 2. The summed E-state index contributed by atoms with van der Waals surface area (Å²) in [4.78, 5) is 26.6. The topological polar surface area (TPSA) is 73.5 Å². The second kappa shape index (κ2) is 4.14. The summed E-state index contributed by atoms with van der Waals surface area (Å²) in [5.74, 6) is -1.20. The largest absolute Gasteiger partial charge is 0.350 e. The first-order valence-corrected chi connectivity index (χ1v) is 4.70. The summed E-state index contributed by atoms with van der Waals surface area (Å²) >= 11 is 0. The number of hydrogen-bond acceptors (Lipinski definition) is 3. The summed E-state index contributed by atoms with van der Waals surface area (Å²) < 4.78 is 13.3. The van der Waals surface area contributed by atoms with Crippen molar-refractivity contribution >= 4 is 18.2 Å². The normalized spacial score (nSPS) is 14.2. The van der Waals surface area contributed by atoms with E-state index in [2.05, 4.69) is 4.99 Å². The van der Waals surface area contributed by atoms with Crippen LogP contribution in [0.25, 0.3) is 0 Å². The predicted molar refractivity (Wildman–Crippen MR) is 55.6 cm³/mol. The summed E-state index contributed by atoms with van der Waals surface area (Å²) in [6.07, 6.45) is 0.919. The second-order valence-electron chi connectivity index (χ2n) is 3.39. The van der Waals surface area contributed by atoms with Crippen LogP contribution < -0.4 is 0 Å². The minimum Gasteiger partial charge on any atom is -0.267 e. The van der Waals surface area contributed by atoms with E-state index in [1.54, 1.807) is 6.07 Å². The maximum Gasteiger partial charge on any atom is 0.350 e. The Morgan fingerprint density at radius 1 is 1.41 bits per heavy atom. The highest BCUT2D eigenvalue weighted by Crippen LogP contribution is 2.13. The van der Waals surface area contributed by atoms with E-state index in [1.165, 1.54) is 12.1 Å². The summed E-state index contributed by atoms with van der Waals surface area (Å²) in [7, 11) is 0. The maximum absolute atomic E-state index is 13.3. The van der Waals surface area contributed by atoms with Crippen LogP contribution in [0.15, 0.2) is 23.2 Å². The minimum atomic E-state index is -0.676. The molecule has 0 aromatic heterocycles. The molecule has 0 saturated carbocycles. The molecule has 2 rings (SSSR count). The van der Waals surface area contributed by atoms with E-state index in [-0.39, 0.29) is 12.1 Å². The molecule has 0 bridgehead atoms. The minimum absolute atomic E-state index is 0.0553. The maximum atomic E-state index is 13.3. The molecule has 1 aromatic carbocycles. The number of aliphatic imine (C=N–C) groups is 1. The molecule has 0 N–H and O–H groups in total. The highest BCUT2D eigenvalue weighted by Gasteiger charge is 2.25. The van der Waals surface area contributed by atoms with Gasteiger partial charge >= 0.3 is 6.03 Å². The van der Waals surface area contributed by atoms with Gasteiger partial charge in [0.1, 0.15) is 11.9 Å². The average molecular weight is 231 g/mol. The fourth-order valence-electron chi connectivity index (χ4n) is 1.42. The number of nitrogens with zero attached hydrogens (tertiary/aromatic N) is 3. The van der Waals surface area contributed by atoms with E-state index in [0.717, 1.165) is 17.2 Å². The van der Waals surface area contributed by atoms with Crippen molar-refractivity contribution in [2.75, 3.05) is 0 Å². The third-order valence-corrected chi connectivity index (χ3v) is 2.28. The number of nitriles is 1. The van der Waals surface area contributed by atoms with Gasteiger partial charge in [0.05, 0.1) is 18.3 Å². The van der Waals surface area contributed by atoms with Crippen LogP contribution in [0.4, 0.5) is 9.18 Å². The van der Waals surface area contributed by atoms with Gasteiger partial charge in [-0.3, -0.25) is 9.69 Å². The second-order valence-corrected chi connectivity index (χ2v) is 3.39. The molecule has 0 saturated heterocycles. The van der Waals surface area contributed by atoms with Crippen LogP contribution in [-0.2, 0) is 11.3 Å². The fraction of sp³-hybridized carbons (Fsp3) is 0.0909. The van der Waals surface area contributed by atoms with Crippen molar-refractivity contribution in [3.05, 3.63) is 35.1 Å². The lowest BCUT2D eigenvalue weighted by atomic mass is 10.1. The average Bonchev–Trinajstić information content (AvgIpc) is 2.61. The SMILES string of the molecule is N#Cc1ccc(CN2C(=O)C=NC2=O)cc1F. The molecule has 6 heteroatoms. The van der Waals surface area contributed by atoms with Gasteiger partial charge in [-0.2, -0.15) is 10.3 Å². The third-order valence-electron chi connectivity index (χ3n) is 2.28. The number of rotatable bonds is 2. The number of urea groups is 1. The van der Waals surface area contributed by atoms with Crippen LogP contribution in [0.1, 0.15) is 11.1 Å². The first-order chi connectivity index (χ1) is 8.11. The summed E-state index contributed by atoms with van der Waals surface area (Å²) in [6, 6.07) is 4.93. The van der Waals surface area contributed by atoms with Crippen molar-refractivity contribution in [3.63, 3.8) is 0 Å². The Morgan fingerprint density at radius 2 is 2.18 bits per heavy atom. The van der Waals surface area contributed by atoms with Gasteiger partial charge in [0.2, 0.25) is 0 Å². The van der Waals surface area contributed by atoms with E-state index in [9.17, 15) is 14.0 Å². The number of hydrogen-bond donors (Lipinski definition) is 0. The Bertz CT molecular complexity index is 557. The van der Waals surface area contributed by atoms with Crippen molar-refractivity contribution in [2.24, 2.45) is 4.99 Å². The van der Waals surface area contributed by atoms with Crippen LogP contribution in [0, 0.1) is 17.1 Å². The molecule has 0 atom stereocenters. The predicted octanol–water partition coefficient (Wildman–Crippen LogP) is 1.23. The van der Waals surface area contributed by atoms with Gasteiger partial charge < -0.3 is 0 Å². The van der Waals surface area contributed by atoms with E-state index < -0.39 is 17.8 Å². The summed E-state index contributed by atoms with van der Waals surface area (Å²) in [6.45, 7) is -0.0553. The molecular formula is C11H6FN3O2. The first-order valence-electron chi connectivity index (χ1n) is 4.70. The van der Waals surface area contributed by atoms with Crippen LogP contribution in [-0.4, -0.2) is 23.1 Å². The lowest BCUT2D eigenvalue weighted by molar-refractivity contribution is -0.120. The van der Waals surface area contributed by atoms with E-state index in [1.807, 2.05) is 0 Å². The molecule has 1 aromatic rings. The number of benzene rings is 1. The first kappa shape index (κ1) is 11.0. The van der Waals surface area contributed by atoms with Crippen molar-refractivity contribution < 1.29 is 14.0 Å². The standard InChI is InChI=1S/C11H6FN3O2/c12-9-3-7(1-2-8(9)4-13)6-15-10(16)5-14-11(15)17/h1-3,5H,6H2. The van der Waals surface area contributed by atoms with Gasteiger partial charge in [0.15, 0.2) is 0 Å². The third kappa shape index (κ3) is 2.03. The monoisotopic (exact) mass is 231 g/mol. The summed E-state index contributed by atoms with van der Waals surface area (Å²) in [5.41, 5.74) is 0.345. The lowest BCUT2D eigenvalue weighted by Gasteiger charge is -2.12. The molecule has 0 fully saturated rings. The molecule has 3 amide bonds. The quantitative estimate of drug-likeness (QED) is 0.768. The zero-order valence-electron chi connectivity index (χ0n) is 8.55. The van der Waals surface area contributed by atoms with E-state index >= 15 is 0 Å². The number of halogens is 1. The number of carbonyl (C=O) groups excluding carboxylic acids is 2. The van der Waals surface area contributed by atoms with Gasteiger partial charge in [0, 0.05) is 0 Å². The van der Waals surface area contributed by atoms with E-state index in [0.29, 0.717) is 5.56 Å². The van der Waals surface area contributed by atoms with Crippen LogP contribution in [0.3, 0.4) is 0 Å². The Hall–Kier alpha value is -2.55. The zero-order valence-corrected chi connectivity index (χ0v) is 8.55. The van der Waals surface area contributed by atoms with Crippen LogP contribution in [0.5, 0.6) is 0 Å². The molecule has 84 valence electrons. The fourth-order valence-corrected chi connectivity index (χ4v) is 1.42. The van der Waals surface area contributed by atoms with E-state index in [4.69, 9.17) is 5.26 Å². The molecule has 1 heterocycles. The highest BCUT2D eigenvalue weighted by atomic mass is 19.1. The molecule has 0 radical (unpaired) electrons. The van der Waals surface area contributed by atoms with Crippen molar-refractivity contribution in [3.8, 4) is 6.07 Å². The van der Waals surface area contributed by atoms with Crippen molar-refractivity contribution in [1.29, 1.82) is 5.26 Å². The molecule has 17 heavy (non-hydrogen) atoms. The zero-order chi connectivity index (χ0) is 12.4. The molecule has 1 aliphatic rings. The molecule has 1 aliphatic heterocycles. The highest BCUT2D eigenvalue weighted by molar-refractivity contribution is 6.35. The van der Waals surface area contributed by atoms with Gasteiger partial charge in [-0.25, -0.2) is 9.18 Å². The molecule has 0 unspecified atom stereocenters. The molecule has 0 spiro atoms. The van der Waals surface area contributed by atoms with Crippen molar-refractivity contribution in [2.45, 2.75) is 6.54 Å². The van der Waals surface area contributed by atoms with Gasteiger partial charge in [0.25, 0.3) is 5.91 Å². The lowest BCUT2D eigenvalue weighted by Crippen LogP contribution is -2.29. The van der Waals surface area contributed by atoms with Gasteiger partial charge in [-0.1, -0.05) is 6.07 Å². The van der Waals surface area contributed by atoms with Crippen molar-refractivity contribution in [1.82, 2.24) is 4.90 Å². The van der Waals surface area contributed by atoms with Gasteiger partial charge in [-0.05, 0) is 17.7 Å². The Morgan fingerprint density at radius 3 is 2.71 bits per heavy atom. The Balaban J connectivity index is 2.21. The number of amides is 3. The van der Waals surface area contributed by atoms with Crippen LogP contribution >= 0.6 is 0 Å². The van der Waals surface area contributed by atoms with Gasteiger partial charge in [-0.15, -0.1) is 0 Å². The summed E-state index contributed by atoms with van der Waals surface area (Å²) in [5, 5.41) is 8.55. The molecule has 0 aliphatic carbocycles. The smallest absolute Gasteiger partial charge is 0.267 e. The Kier molecular flexibility index (Phi) is 2.66.